The Hall–Kier alpha value is -0.840. The molecule has 4 nitrogen and oxygen atoms in total. The van der Waals surface area contributed by atoms with Gasteiger partial charge in [-0.25, -0.2) is 0 Å². The molecule has 6 fully saturated rings. The van der Waals surface area contributed by atoms with Crippen LogP contribution in [0.4, 0.5) is 0 Å². The fraction of sp³-hybridized carbons (Fsp3) is 0.862. The second-order valence-electron chi connectivity index (χ2n) is 13.2. The number of rotatable bonds is 4. The van der Waals surface area contributed by atoms with Crippen molar-refractivity contribution in [1.82, 2.24) is 5.32 Å². The van der Waals surface area contributed by atoms with E-state index in [9.17, 15) is 0 Å². The molecule has 0 aromatic carbocycles. The van der Waals surface area contributed by atoms with Gasteiger partial charge in [0, 0.05) is 18.2 Å². The molecule has 7 atom stereocenters. The SMILES string of the molecule is C[C@]1(C2CCCC2)O[C@@]2([C@@H]3C[C@H](CC4=CNC(N)C=C4)CC4(CCCC4)C3)CC[C@@H]1[C@H](N)C2. The first-order chi connectivity index (χ1) is 15.9. The van der Waals surface area contributed by atoms with Gasteiger partial charge < -0.3 is 21.5 Å². The summed E-state index contributed by atoms with van der Waals surface area (Å²) >= 11 is 0. The molecule has 0 radical (unpaired) electrons. The molecule has 3 heterocycles. The van der Waals surface area contributed by atoms with Crippen molar-refractivity contribution in [3.8, 4) is 0 Å². The summed E-state index contributed by atoms with van der Waals surface area (Å²) in [5.41, 5.74) is 15.0. The summed E-state index contributed by atoms with van der Waals surface area (Å²) in [6.07, 6.45) is 26.6. The molecular weight excluding hydrogens is 406 g/mol. The highest BCUT2D eigenvalue weighted by atomic mass is 16.5. The van der Waals surface area contributed by atoms with Gasteiger partial charge in [-0.05, 0) is 112 Å². The van der Waals surface area contributed by atoms with Gasteiger partial charge in [0.1, 0.15) is 0 Å². The molecule has 0 aromatic heterocycles. The summed E-state index contributed by atoms with van der Waals surface area (Å²) in [5, 5.41) is 3.32. The molecule has 0 amide bonds. The number of nitrogens with two attached hydrogens (primary N) is 2. The average Bonchev–Trinajstić information content (AvgIpc) is 3.48. The van der Waals surface area contributed by atoms with E-state index in [1.54, 1.807) is 0 Å². The molecule has 1 spiro atoms. The number of allylic oxidation sites excluding steroid dienone is 2. The van der Waals surface area contributed by atoms with E-state index in [4.69, 9.17) is 16.2 Å². The van der Waals surface area contributed by atoms with E-state index < -0.39 is 0 Å². The van der Waals surface area contributed by atoms with Crippen LogP contribution in [0.15, 0.2) is 23.9 Å². The fourth-order valence-corrected chi connectivity index (χ4v) is 9.79. The molecule has 4 heteroatoms. The first-order valence-corrected chi connectivity index (χ1v) is 14.2. The molecule has 7 aliphatic rings. The van der Waals surface area contributed by atoms with Crippen LogP contribution in [0.5, 0.6) is 0 Å². The minimum atomic E-state index is -0.0338. The number of fused-ring (bicyclic) bond motifs is 3. The molecule has 7 rings (SSSR count). The summed E-state index contributed by atoms with van der Waals surface area (Å²) in [5.74, 6) is 2.71. The molecule has 5 N–H and O–H groups in total. The van der Waals surface area contributed by atoms with Crippen molar-refractivity contribution >= 4 is 0 Å². The zero-order valence-electron chi connectivity index (χ0n) is 20.9. The van der Waals surface area contributed by atoms with Crippen LogP contribution in [0.25, 0.3) is 0 Å². The second kappa shape index (κ2) is 8.38. The Balaban J connectivity index is 1.27. The Bertz CT molecular complexity index is 795. The second-order valence-corrected chi connectivity index (χ2v) is 13.2. The van der Waals surface area contributed by atoms with Crippen LogP contribution in [0, 0.1) is 29.1 Å². The molecule has 33 heavy (non-hydrogen) atoms. The zero-order chi connectivity index (χ0) is 22.7. The van der Waals surface area contributed by atoms with E-state index in [2.05, 4.69) is 30.6 Å². The van der Waals surface area contributed by atoms with Gasteiger partial charge in [0.2, 0.25) is 0 Å². The number of dihydropyridines is 1. The van der Waals surface area contributed by atoms with E-state index in [-0.39, 0.29) is 17.4 Å². The van der Waals surface area contributed by atoms with Crippen molar-refractivity contribution in [2.24, 2.45) is 40.6 Å². The molecule has 4 saturated carbocycles. The Kier molecular flexibility index (Phi) is 5.74. The van der Waals surface area contributed by atoms with Crippen LogP contribution < -0.4 is 16.8 Å². The number of nitrogens with one attached hydrogen (secondary N) is 1. The molecule has 2 saturated heterocycles. The predicted molar refractivity (Wildman–Crippen MR) is 134 cm³/mol. The fourth-order valence-electron chi connectivity index (χ4n) is 9.79. The van der Waals surface area contributed by atoms with Crippen molar-refractivity contribution < 1.29 is 4.74 Å². The highest BCUT2D eigenvalue weighted by Crippen LogP contribution is 2.63. The summed E-state index contributed by atoms with van der Waals surface area (Å²) in [6, 6.07) is 0.327. The highest BCUT2D eigenvalue weighted by molar-refractivity contribution is 5.24. The molecule has 3 aliphatic heterocycles. The van der Waals surface area contributed by atoms with Crippen molar-refractivity contribution in [2.75, 3.05) is 0 Å². The normalized spacial score (nSPS) is 47.1. The summed E-state index contributed by atoms with van der Waals surface area (Å²) < 4.78 is 7.47. The Morgan fingerprint density at radius 3 is 2.45 bits per heavy atom. The highest BCUT2D eigenvalue weighted by Gasteiger charge is 2.62. The minimum Gasteiger partial charge on any atom is -0.372 e. The largest absolute Gasteiger partial charge is 0.372 e. The van der Waals surface area contributed by atoms with Crippen LogP contribution in [0.3, 0.4) is 0 Å². The van der Waals surface area contributed by atoms with E-state index >= 15 is 0 Å². The van der Waals surface area contributed by atoms with Gasteiger partial charge in [0.25, 0.3) is 0 Å². The molecule has 4 aliphatic carbocycles. The Labute approximate surface area is 201 Å². The smallest absolute Gasteiger partial charge is 0.0934 e. The molecular formula is C29H47N3O. The summed E-state index contributed by atoms with van der Waals surface area (Å²) in [6.45, 7) is 2.47. The lowest BCUT2D eigenvalue weighted by molar-refractivity contribution is -0.295. The predicted octanol–water partition coefficient (Wildman–Crippen LogP) is 5.53. The van der Waals surface area contributed by atoms with Crippen LogP contribution in [-0.4, -0.2) is 23.4 Å². The number of ether oxygens (including phenoxy) is 1. The van der Waals surface area contributed by atoms with Crippen LogP contribution >= 0.6 is 0 Å². The monoisotopic (exact) mass is 453 g/mol. The maximum Gasteiger partial charge on any atom is 0.0934 e. The van der Waals surface area contributed by atoms with Crippen LogP contribution in [0.2, 0.25) is 0 Å². The lowest BCUT2D eigenvalue weighted by Gasteiger charge is -2.64. The number of hydrogen-bond donors (Lipinski definition) is 3. The van der Waals surface area contributed by atoms with Gasteiger partial charge in [-0.1, -0.05) is 31.8 Å². The third-order valence-electron chi connectivity index (χ3n) is 11.2. The van der Waals surface area contributed by atoms with Crippen molar-refractivity contribution in [1.29, 1.82) is 0 Å². The topological polar surface area (TPSA) is 73.3 Å². The average molecular weight is 454 g/mol. The van der Waals surface area contributed by atoms with Crippen LogP contribution in [0.1, 0.15) is 103 Å². The van der Waals surface area contributed by atoms with Gasteiger partial charge in [0.15, 0.2) is 0 Å². The zero-order valence-corrected chi connectivity index (χ0v) is 20.9. The molecule has 1 unspecified atom stereocenters. The third-order valence-corrected chi connectivity index (χ3v) is 11.2. The standard InChI is InChI=1S/C29H47N3O/c1-27(22-6-2-3-7-22)24-10-13-29(33-27,18-25(24)30)23-15-21(14-20-8-9-26(31)32-19-20)16-28(17-23)11-4-5-12-28/h8-9,19,21-26,32H,2-7,10-18,30-31H2,1H3/t21-,23+,24+,25+,26?,27+,29-/m0/s1. The third kappa shape index (κ3) is 3.93. The first kappa shape index (κ1) is 22.6. The Morgan fingerprint density at radius 2 is 1.76 bits per heavy atom. The van der Waals surface area contributed by atoms with Gasteiger partial charge >= 0.3 is 0 Å². The Morgan fingerprint density at radius 1 is 0.970 bits per heavy atom. The van der Waals surface area contributed by atoms with Crippen LogP contribution in [-0.2, 0) is 4.74 Å². The quantitative estimate of drug-likeness (QED) is 0.523. The van der Waals surface area contributed by atoms with Gasteiger partial charge in [-0.2, -0.15) is 0 Å². The van der Waals surface area contributed by atoms with E-state index in [0.717, 1.165) is 18.3 Å². The van der Waals surface area contributed by atoms with Gasteiger partial charge in [-0.3, -0.25) is 0 Å². The lowest BCUT2D eigenvalue weighted by atomic mass is 9.53. The molecule has 2 bridgehead atoms. The van der Waals surface area contributed by atoms with E-state index in [1.807, 2.05) is 0 Å². The molecule has 184 valence electrons. The van der Waals surface area contributed by atoms with Gasteiger partial charge in [0.05, 0.1) is 17.4 Å². The van der Waals surface area contributed by atoms with E-state index in [0.29, 0.717) is 23.3 Å². The lowest BCUT2D eigenvalue weighted by Crippen LogP contribution is -2.69. The number of hydrogen-bond acceptors (Lipinski definition) is 4. The maximum absolute atomic E-state index is 7.47. The van der Waals surface area contributed by atoms with Crippen molar-refractivity contribution in [3.05, 3.63) is 23.9 Å². The van der Waals surface area contributed by atoms with Crippen molar-refractivity contribution in [3.63, 3.8) is 0 Å². The minimum absolute atomic E-state index is 0.0108. The van der Waals surface area contributed by atoms with Gasteiger partial charge in [-0.15, -0.1) is 0 Å². The molecule has 0 aromatic rings. The first-order valence-electron chi connectivity index (χ1n) is 14.2. The summed E-state index contributed by atoms with van der Waals surface area (Å²) in [4.78, 5) is 0. The van der Waals surface area contributed by atoms with E-state index in [1.165, 1.54) is 95.5 Å². The van der Waals surface area contributed by atoms with Crippen molar-refractivity contribution in [2.45, 2.75) is 127 Å². The maximum atomic E-state index is 7.47. The summed E-state index contributed by atoms with van der Waals surface area (Å²) in [7, 11) is 0.